The second-order valence-electron chi connectivity index (χ2n) is 8.18. The highest BCUT2D eigenvalue weighted by molar-refractivity contribution is 5.94. The number of primary amides is 1. The molecule has 1 aliphatic rings. The highest BCUT2D eigenvalue weighted by Crippen LogP contribution is 2.35. The van der Waals surface area contributed by atoms with Gasteiger partial charge in [-0.1, -0.05) is 26.0 Å². The van der Waals surface area contributed by atoms with E-state index in [4.69, 9.17) is 5.73 Å². The van der Waals surface area contributed by atoms with Crippen LogP contribution in [0, 0.1) is 17.0 Å². The van der Waals surface area contributed by atoms with E-state index >= 15 is 0 Å². The molecule has 0 bridgehead atoms. The summed E-state index contributed by atoms with van der Waals surface area (Å²) in [4.78, 5) is 11.3. The molecule has 5 heteroatoms. The van der Waals surface area contributed by atoms with Crippen LogP contribution in [0.2, 0.25) is 0 Å². The van der Waals surface area contributed by atoms with Gasteiger partial charge in [-0.05, 0) is 66.5 Å². The van der Waals surface area contributed by atoms with E-state index in [0.29, 0.717) is 28.1 Å². The van der Waals surface area contributed by atoms with Gasteiger partial charge in [0.25, 0.3) is 0 Å². The predicted molar refractivity (Wildman–Crippen MR) is 103 cm³/mol. The van der Waals surface area contributed by atoms with Gasteiger partial charge in [0.15, 0.2) is 0 Å². The zero-order valence-corrected chi connectivity index (χ0v) is 15.8. The molecule has 0 spiro atoms. The average molecular weight is 372 g/mol. The molecule has 1 saturated carbocycles. The van der Waals surface area contributed by atoms with Crippen LogP contribution >= 0.6 is 0 Å². The van der Waals surface area contributed by atoms with Crippen LogP contribution in [0.3, 0.4) is 0 Å². The fourth-order valence-corrected chi connectivity index (χ4v) is 3.64. The third-order valence-corrected chi connectivity index (χ3v) is 5.53. The summed E-state index contributed by atoms with van der Waals surface area (Å²) in [6, 6.07) is 9.37. The van der Waals surface area contributed by atoms with Crippen molar-refractivity contribution in [1.29, 1.82) is 0 Å². The number of benzene rings is 2. The highest BCUT2D eigenvalue weighted by Gasteiger charge is 2.26. The molecule has 2 aromatic rings. The maximum absolute atomic E-state index is 14.6. The van der Waals surface area contributed by atoms with E-state index < -0.39 is 17.5 Å². The lowest BCUT2D eigenvalue weighted by molar-refractivity contribution is 0.100. The molecule has 3 rings (SSSR count). The zero-order valence-electron chi connectivity index (χ0n) is 15.8. The quantitative estimate of drug-likeness (QED) is 0.793. The summed E-state index contributed by atoms with van der Waals surface area (Å²) in [5.41, 5.74) is 6.93. The first-order valence-electron chi connectivity index (χ1n) is 9.37. The van der Waals surface area contributed by atoms with Crippen molar-refractivity contribution < 1.29 is 13.6 Å². The van der Waals surface area contributed by atoms with Crippen LogP contribution in [-0.4, -0.2) is 11.9 Å². The second kappa shape index (κ2) is 7.77. The number of halogens is 2. The molecule has 0 aromatic heterocycles. The van der Waals surface area contributed by atoms with E-state index in [-0.39, 0.29) is 12.1 Å². The maximum Gasteiger partial charge on any atom is 0.248 e. The van der Waals surface area contributed by atoms with Gasteiger partial charge in [-0.25, -0.2) is 8.78 Å². The SMILES string of the molecule is CC1(C)CCC(NCc2c(F)cc(-c3cccc(C(N)=O)c3)cc2F)CC1. The standard InChI is InChI=1S/C22H26F2N2O/c1-22(2)8-6-17(7-9-22)26-13-18-19(23)11-16(12-20(18)24)14-4-3-5-15(10-14)21(25)27/h3-5,10-12,17,26H,6-9,13H2,1-2H3,(H2,25,27). The van der Waals surface area contributed by atoms with E-state index in [9.17, 15) is 13.6 Å². The zero-order chi connectivity index (χ0) is 19.6. The molecule has 144 valence electrons. The lowest BCUT2D eigenvalue weighted by Gasteiger charge is -2.34. The number of carbonyl (C=O) groups excluding carboxylic acids is 1. The number of hydrogen-bond donors (Lipinski definition) is 2. The molecule has 3 N–H and O–H groups in total. The van der Waals surface area contributed by atoms with Gasteiger partial charge in [-0.15, -0.1) is 0 Å². The van der Waals surface area contributed by atoms with Gasteiger partial charge in [-0.3, -0.25) is 4.79 Å². The van der Waals surface area contributed by atoms with Gasteiger partial charge in [0.05, 0.1) is 0 Å². The largest absolute Gasteiger partial charge is 0.366 e. The Bertz CT molecular complexity index is 815. The molecule has 27 heavy (non-hydrogen) atoms. The summed E-state index contributed by atoms with van der Waals surface area (Å²) in [5, 5.41) is 3.30. The summed E-state index contributed by atoms with van der Waals surface area (Å²) in [6.45, 7) is 4.69. The minimum absolute atomic E-state index is 0.0506. The molecule has 1 fully saturated rings. The van der Waals surface area contributed by atoms with Crippen LogP contribution in [0.15, 0.2) is 36.4 Å². The number of carbonyl (C=O) groups is 1. The van der Waals surface area contributed by atoms with Gasteiger partial charge in [-0.2, -0.15) is 0 Å². The monoisotopic (exact) mass is 372 g/mol. The number of nitrogens with two attached hydrogens (primary N) is 1. The van der Waals surface area contributed by atoms with Crippen LogP contribution in [0.4, 0.5) is 8.78 Å². The molecular formula is C22H26F2N2O. The van der Waals surface area contributed by atoms with E-state index in [1.54, 1.807) is 18.2 Å². The lowest BCUT2D eigenvalue weighted by Crippen LogP contribution is -2.35. The second-order valence-corrected chi connectivity index (χ2v) is 8.18. The summed E-state index contributed by atoms with van der Waals surface area (Å²) >= 11 is 0. The Morgan fingerprint density at radius 2 is 1.74 bits per heavy atom. The Kier molecular flexibility index (Phi) is 5.61. The van der Waals surface area contributed by atoms with Crippen molar-refractivity contribution in [3.05, 3.63) is 59.2 Å². The summed E-state index contributed by atoms with van der Waals surface area (Å²) in [5.74, 6) is -1.74. The molecule has 0 atom stereocenters. The molecule has 3 nitrogen and oxygen atoms in total. The Balaban J connectivity index is 1.74. The Labute approximate surface area is 159 Å². The van der Waals surface area contributed by atoms with Crippen molar-refractivity contribution in [2.24, 2.45) is 11.1 Å². The third kappa shape index (κ3) is 4.72. The van der Waals surface area contributed by atoms with Crippen LogP contribution in [-0.2, 0) is 6.54 Å². The predicted octanol–water partition coefficient (Wildman–Crippen LogP) is 4.79. The van der Waals surface area contributed by atoms with E-state index in [1.807, 2.05) is 0 Å². The first kappa shape index (κ1) is 19.5. The molecule has 0 radical (unpaired) electrons. The number of rotatable bonds is 5. The highest BCUT2D eigenvalue weighted by atomic mass is 19.1. The van der Waals surface area contributed by atoms with Crippen molar-refractivity contribution in [3.63, 3.8) is 0 Å². The number of amides is 1. The Morgan fingerprint density at radius 1 is 1.11 bits per heavy atom. The van der Waals surface area contributed by atoms with E-state index in [0.717, 1.165) is 25.7 Å². The van der Waals surface area contributed by atoms with Gasteiger partial charge in [0, 0.05) is 23.7 Å². The average Bonchev–Trinajstić information content (AvgIpc) is 2.62. The summed E-state index contributed by atoms with van der Waals surface area (Å²) in [7, 11) is 0. The lowest BCUT2D eigenvalue weighted by atomic mass is 9.75. The van der Waals surface area contributed by atoms with Crippen LogP contribution in [0.25, 0.3) is 11.1 Å². The van der Waals surface area contributed by atoms with E-state index in [1.165, 1.54) is 18.2 Å². The molecule has 2 aromatic carbocycles. The van der Waals surface area contributed by atoms with Crippen LogP contribution in [0.5, 0.6) is 0 Å². The fourth-order valence-electron chi connectivity index (χ4n) is 3.64. The summed E-state index contributed by atoms with van der Waals surface area (Å²) in [6.07, 6.45) is 4.28. The van der Waals surface area contributed by atoms with Crippen LogP contribution in [0.1, 0.15) is 55.5 Å². The fraction of sp³-hybridized carbons (Fsp3) is 0.409. The van der Waals surface area contributed by atoms with Crippen LogP contribution < -0.4 is 11.1 Å². The normalized spacial score (nSPS) is 17.0. The molecule has 0 heterocycles. The third-order valence-electron chi connectivity index (χ3n) is 5.53. The van der Waals surface area contributed by atoms with Crippen molar-refractivity contribution in [2.75, 3.05) is 0 Å². The minimum atomic E-state index is -0.585. The van der Waals surface area contributed by atoms with Gasteiger partial charge in [0.2, 0.25) is 5.91 Å². The molecule has 0 saturated heterocycles. The molecule has 0 aliphatic heterocycles. The molecule has 1 amide bonds. The van der Waals surface area contributed by atoms with Gasteiger partial charge < -0.3 is 11.1 Å². The molecule has 0 unspecified atom stereocenters. The topological polar surface area (TPSA) is 55.1 Å². The molecular weight excluding hydrogens is 346 g/mol. The van der Waals surface area contributed by atoms with Crippen molar-refractivity contribution in [1.82, 2.24) is 5.32 Å². The smallest absolute Gasteiger partial charge is 0.248 e. The van der Waals surface area contributed by atoms with Crippen molar-refractivity contribution in [3.8, 4) is 11.1 Å². The Morgan fingerprint density at radius 3 is 2.33 bits per heavy atom. The molecule has 1 aliphatic carbocycles. The Hall–Kier alpha value is -2.27. The number of hydrogen-bond acceptors (Lipinski definition) is 2. The number of nitrogens with one attached hydrogen (secondary N) is 1. The van der Waals surface area contributed by atoms with Gasteiger partial charge >= 0.3 is 0 Å². The maximum atomic E-state index is 14.6. The minimum Gasteiger partial charge on any atom is -0.366 e. The van der Waals surface area contributed by atoms with Crippen molar-refractivity contribution >= 4 is 5.91 Å². The first-order valence-corrected chi connectivity index (χ1v) is 9.37. The van der Waals surface area contributed by atoms with E-state index in [2.05, 4.69) is 19.2 Å². The van der Waals surface area contributed by atoms with Gasteiger partial charge in [0.1, 0.15) is 11.6 Å². The summed E-state index contributed by atoms with van der Waals surface area (Å²) < 4.78 is 29.1. The van der Waals surface area contributed by atoms with Crippen molar-refractivity contribution in [2.45, 2.75) is 52.1 Å². The first-order chi connectivity index (χ1) is 12.7.